The summed E-state index contributed by atoms with van der Waals surface area (Å²) in [5.74, 6) is 0. The summed E-state index contributed by atoms with van der Waals surface area (Å²) >= 11 is 0. The largest absolute Gasteiger partial charge is 0.329 e. The second-order valence-corrected chi connectivity index (χ2v) is 6.94. The third-order valence-corrected chi connectivity index (χ3v) is 5.31. The van der Waals surface area contributed by atoms with Crippen molar-refractivity contribution in [3.8, 4) is 0 Å². The molecule has 0 aliphatic heterocycles. The quantitative estimate of drug-likeness (QED) is 0.587. The van der Waals surface area contributed by atoms with E-state index in [1.165, 1.54) is 70.6 Å². The van der Waals surface area contributed by atoms with Gasteiger partial charge in [0.1, 0.15) is 0 Å². The van der Waals surface area contributed by atoms with Crippen LogP contribution in [-0.4, -0.2) is 29.6 Å². The Balaban J connectivity index is 2.49. The molecule has 1 aliphatic rings. The van der Waals surface area contributed by atoms with Crippen LogP contribution in [-0.2, 0) is 0 Å². The van der Waals surface area contributed by atoms with Gasteiger partial charge < -0.3 is 5.73 Å². The Morgan fingerprint density at radius 1 is 1.00 bits per heavy atom. The van der Waals surface area contributed by atoms with E-state index in [-0.39, 0.29) is 5.54 Å². The first-order valence-electron chi connectivity index (χ1n) is 9.14. The first-order chi connectivity index (χ1) is 9.68. The third-order valence-electron chi connectivity index (χ3n) is 5.31. The second kappa shape index (κ2) is 9.78. The van der Waals surface area contributed by atoms with Crippen LogP contribution in [0.25, 0.3) is 0 Å². The highest BCUT2D eigenvalue weighted by Crippen LogP contribution is 2.31. The summed E-state index contributed by atoms with van der Waals surface area (Å²) in [7, 11) is 0. The zero-order chi connectivity index (χ0) is 14.8. The summed E-state index contributed by atoms with van der Waals surface area (Å²) < 4.78 is 0. The minimum atomic E-state index is 0.225. The van der Waals surface area contributed by atoms with Gasteiger partial charge in [-0.2, -0.15) is 0 Å². The molecular weight excluding hydrogens is 244 g/mol. The molecule has 1 atom stereocenters. The number of hydrogen-bond acceptors (Lipinski definition) is 2. The Kier molecular flexibility index (Phi) is 8.79. The highest BCUT2D eigenvalue weighted by atomic mass is 15.2. The molecule has 120 valence electrons. The van der Waals surface area contributed by atoms with Crippen LogP contribution in [0.2, 0.25) is 0 Å². The lowest BCUT2D eigenvalue weighted by atomic mass is 9.86. The number of nitrogens with zero attached hydrogens (tertiary/aromatic N) is 1. The number of nitrogens with two attached hydrogens (primary N) is 1. The van der Waals surface area contributed by atoms with Crippen molar-refractivity contribution in [3.05, 3.63) is 0 Å². The maximum Gasteiger partial charge on any atom is 0.0306 e. The smallest absolute Gasteiger partial charge is 0.0306 e. The van der Waals surface area contributed by atoms with Gasteiger partial charge in [-0.15, -0.1) is 0 Å². The van der Waals surface area contributed by atoms with Crippen molar-refractivity contribution < 1.29 is 0 Å². The number of likely N-dealkylation sites (N-methyl/N-ethyl adjacent to an activating group) is 1. The third kappa shape index (κ3) is 5.37. The van der Waals surface area contributed by atoms with Crippen LogP contribution in [0.1, 0.15) is 91.4 Å². The molecule has 0 aromatic carbocycles. The molecule has 1 saturated carbocycles. The van der Waals surface area contributed by atoms with Gasteiger partial charge in [0.25, 0.3) is 0 Å². The minimum absolute atomic E-state index is 0.225. The number of rotatable bonds is 10. The summed E-state index contributed by atoms with van der Waals surface area (Å²) in [4.78, 5) is 2.74. The van der Waals surface area contributed by atoms with Gasteiger partial charge in [0.05, 0.1) is 0 Å². The van der Waals surface area contributed by atoms with Crippen LogP contribution in [0.3, 0.4) is 0 Å². The molecular formula is C18H38N2. The van der Waals surface area contributed by atoms with Gasteiger partial charge >= 0.3 is 0 Å². The van der Waals surface area contributed by atoms with E-state index in [4.69, 9.17) is 5.73 Å². The van der Waals surface area contributed by atoms with Crippen LogP contribution in [0.15, 0.2) is 0 Å². The van der Waals surface area contributed by atoms with Crippen LogP contribution < -0.4 is 5.73 Å². The van der Waals surface area contributed by atoms with Crippen LogP contribution in [0.5, 0.6) is 0 Å². The van der Waals surface area contributed by atoms with Gasteiger partial charge in [0.2, 0.25) is 0 Å². The average Bonchev–Trinajstić information content (AvgIpc) is 2.49. The lowest BCUT2D eigenvalue weighted by molar-refractivity contribution is 0.0395. The molecule has 20 heavy (non-hydrogen) atoms. The first-order valence-corrected chi connectivity index (χ1v) is 9.14. The highest BCUT2D eigenvalue weighted by Gasteiger charge is 2.34. The standard InChI is InChI=1S/C18H38N2/c1-4-6-7-8-12-15-18(3,16-19)20(5-2)17-13-10-9-11-14-17/h17H,4-16,19H2,1-3H3. The Morgan fingerprint density at radius 2 is 1.65 bits per heavy atom. The number of unbranched alkanes of at least 4 members (excludes halogenated alkanes) is 4. The average molecular weight is 283 g/mol. The molecule has 0 saturated heterocycles. The van der Waals surface area contributed by atoms with Crippen molar-refractivity contribution in [1.29, 1.82) is 0 Å². The summed E-state index contributed by atoms with van der Waals surface area (Å²) in [5.41, 5.74) is 6.41. The van der Waals surface area contributed by atoms with Crippen molar-refractivity contribution in [1.82, 2.24) is 4.90 Å². The van der Waals surface area contributed by atoms with Crippen molar-refractivity contribution in [3.63, 3.8) is 0 Å². The fraction of sp³-hybridized carbons (Fsp3) is 1.00. The van der Waals surface area contributed by atoms with E-state index in [1.54, 1.807) is 0 Å². The fourth-order valence-electron chi connectivity index (χ4n) is 3.95. The molecule has 0 aromatic rings. The van der Waals surface area contributed by atoms with Crippen LogP contribution in [0, 0.1) is 0 Å². The van der Waals surface area contributed by atoms with E-state index in [1.807, 2.05) is 0 Å². The summed E-state index contributed by atoms with van der Waals surface area (Å²) in [6.07, 6.45) is 15.2. The fourth-order valence-corrected chi connectivity index (χ4v) is 3.95. The van der Waals surface area contributed by atoms with E-state index in [2.05, 4.69) is 25.7 Å². The van der Waals surface area contributed by atoms with Crippen molar-refractivity contribution in [2.24, 2.45) is 5.73 Å². The summed E-state index contributed by atoms with van der Waals surface area (Å²) in [5, 5.41) is 0. The molecule has 0 amide bonds. The molecule has 0 spiro atoms. The molecule has 2 N–H and O–H groups in total. The van der Waals surface area contributed by atoms with E-state index in [0.717, 1.165) is 19.1 Å². The van der Waals surface area contributed by atoms with Gasteiger partial charge in [-0.3, -0.25) is 4.90 Å². The Morgan fingerprint density at radius 3 is 2.20 bits per heavy atom. The van der Waals surface area contributed by atoms with Gasteiger partial charge in [0.15, 0.2) is 0 Å². The van der Waals surface area contributed by atoms with E-state index in [0.29, 0.717) is 0 Å². The maximum absolute atomic E-state index is 6.19. The highest BCUT2D eigenvalue weighted by molar-refractivity contribution is 4.91. The molecule has 0 heterocycles. The molecule has 2 nitrogen and oxygen atoms in total. The lowest BCUT2D eigenvalue weighted by Crippen LogP contribution is -2.56. The van der Waals surface area contributed by atoms with E-state index in [9.17, 15) is 0 Å². The molecule has 1 fully saturated rings. The minimum Gasteiger partial charge on any atom is -0.329 e. The predicted octanol–water partition coefficient (Wildman–Crippen LogP) is 4.72. The monoisotopic (exact) mass is 282 g/mol. The number of hydrogen-bond donors (Lipinski definition) is 1. The van der Waals surface area contributed by atoms with Crippen molar-refractivity contribution >= 4 is 0 Å². The molecule has 0 aromatic heterocycles. The summed E-state index contributed by atoms with van der Waals surface area (Å²) in [6, 6.07) is 0.790. The molecule has 1 rings (SSSR count). The summed E-state index contributed by atoms with van der Waals surface area (Å²) in [6.45, 7) is 8.98. The van der Waals surface area contributed by atoms with Crippen LogP contribution in [0.4, 0.5) is 0 Å². The van der Waals surface area contributed by atoms with Gasteiger partial charge in [0, 0.05) is 18.1 Å². The van der Waals surface area contributed by atoms with Gasteiger partial charge in [-0.05, 0) is 32.7 Å². The topological polar surface area (TPSA) is 29.3 Å². The zero-order valence-electron chi connectivity index (χ0n) is 14.3. The van der Waals surface area contributed by atoms with Gasteiger partial charge in [-0.1, -0.05) is 65.2 Å². The normalized spacial score (nSPS) is 20.2. The zero-order valence-corrected chi connectivity index (χ0v) is 14.3. The molecule has 2 heteroatoms. The second-order valence-electron chi connectivity index (χ2n) is 6.94. The van der Waals surface area contributed by atoms with E-state index >= 15 is 0 Å². The Hall–Kier alpha value is -0.0800. The Bertz CT molecular complexity index is 236. The lowest BCUT2D eigenvalue weighted by Gasteiger charge is -2.46. The maximum atomic E-state index is 6.19. The van der Waals surface area contributed by atoms with Gasteiger partial charge in [-0.25, -0.2) is 0 Å². The Labute approximate surface area is 127 Å². The molecule has 0 radical (unpaired) electrons. The van der Waals surface area contributed by atoms with E-state index < -0.39 is 0 Å². The molecule has 1 unspecified atom stereocenters. The molecule has 0 bridgehead atoms. The van der Waals surface area contributed by atoms with Crippen LogP contribution >= 0.6 is 0 Å². The SMILES string of the molecule is CCCCCCCC(C)(CN)N(CC)C1CCCCC1. The first kappa shape index (κ1) is 18.0. The van der Waals surface area contributed by atoms with Crippen molar-refractivity contribution in [2.45, 2.75) is 103 Å². The van der Waals surface area contributed by atoms with Crippen molar-refractivity contribution in [2.75, 3.05) is 13.1 Å². The molecule has 1 aliphatic carbocycles. The predicted molar refractivity (Wildman–Crippen MR) is 90.1 cm³/mol.